The molecular formula is C16H23N5O6. The fourth-order valence-electron chi connectivity index (χ4n) is 3.25. The number of nitrogens with one attached hydrogen (secondary N) is 1. The lowest BCUT2D eigenvalue weighted by Crippen LogP contribution is -2.59. The first kappa shape index (κ1) is 19.3. The average molecular weight is 381 g/mol. The van der Waals surface area contributed by atoms with Crippen molar-refractivity contribution in [3.8, 4) is 0 Å². The second kappa shape index (κ2) is 7.25. The molecule has 0 unspecified atom stereocenters. The van der Waals surface area contributed by atoms with Crippen LogP contribution in [0.5, 0.6) is 0 Å². The van der Waals surface area contributed by atoms with Gasteiger partial charge in [-0.05, 0) is 0 Å². The first-order valence-corrected chi connectivity index (χ1v) is 8.64. The quantitative estimate of drug-likeness (QED) is 0.529. The summed E-state index contributed by atoms with van der Waals surface area (Å²) in [6.07, 6.45) is -1.62. The van der Waals surface area contributed by atoms with Gasteiger partial charge in [-0.2, -0.15) is 0 Å². The van der Waals surface area contributed by atoms with Crippen molar-refractivity contribution in [3.05, 3.63) is 27.2 Å². The summed E-state index contributed by atoms with van der Waals surface area (Å²) in [5.41, 5.74) is -0.589. The standard InChI is InChI=1S/C16H23N5O6/c1-4-10(22)18-8-6-27-9(13(24)12(8)23)5-21-7-17-11-14(21)19(2)16(26)20(3)15(11)25/h7-9,12-13,23-24H,4-6H2,1-3H3,(H,18,22)/t8-,9-,12+,13-/m1/s1. The summed E-state index contributed by atoms with van der Waals surface area (Å²) in [6, 6.07) is -0.708. The van der Waals surface area contributed by atoms with Crippen LogP contribution in [-0.2, 0) is 30.2 Å². The lowest BCUT2D eigenvalue weighted by atomic mass is 9.97. The number of rotatable bonds is 4. The predicted molar refractivity (Wildman–Crippen MR) is 94.2 cm³/mol. The molecule has 1 fully saturated rings. The van der Waals surface area contributed by atoms with Crippen LogP contribution in [0, 0.1) is 0 Å². The Balaban J connectivity index is 1.86. The Hall–Kier alpha value is -2.50. The van der Waals surface area contributed by atoms with Gasteiger partial charge in [-0.3, -0.25) is 18.7 Å². The maximum Gasteiger partial charge on any atom is 0.332 e. The Labute approximate surface area is 153 Å². The minimum atomic E-state index is -1.26. The van der Waals surface area contributed by atoms with E-state index in [1.807, 2.05) is 0 Å². The van der Waals surface area contributed by atoms with Gasteiger partial charge in [0.25, 0.3) is 5.56 Å². The summed E-state index contributed by atoms with van der Waals surface area (Å²) in [7, 11) is 2.89. The zero-order valence-electron chi connectivity index (χ0n) is 15.3. The summed E-state index contributed by atoms with van der Waals surface area (Å²) < 4.78 is 9.41. The van der Waals surface area contributed by atoms with Crippen LogP contribution in [0.3, 0.4) is 0 Å². The van der Waals surface area contributed by atoms with Crippen LogP contribution in [-0.4, -0.2) is 65.8 Å². The van der Waals surface area contributed by atoms with Crippen LogP contribution >= 0.6 is 0 Å². The number of aryl methyl sites for hydroxylation is 1. The van der Waals surface area contributed by atoms with Gasteiger partial charge >= 0.3 is 5.69 Å². The molecule has 3 rings (SSSR count). The highest BCUT2D eigenvalue weighted by molar-refractivity contribution is 5.76. The van der Waals surface area contributed by atoms with E-state index in [9.17, 15) is 24.6 Å². The van der Waals surface area contributed by atoms with Crippen molar-refractivity contribution in [2.45, 2.75) is 44.2 Å². The molecule has 4 atom stereocenters. The predicted octanol–water partition coefficient (Wildman–Crippen LogP) is -2.55. The van der Waals surface area contributed by atoms with Crippen molar-refractivity contribution in [3.63, 3.8) is 0 Å². The van der Waals surface area contributed by atoms with E-state index in [0.717, 1.165) is 4.57 Å². The van der Waals surface area contributed by atoms with Gasteiger partial charge in [-0.1, -0.05) is 6.92 Å². The lowest BCUT2D eigenvalue weighted by Gasteiger charge is -2.38. The van der Waals surface area contributed by atoms with Crippen molar-refractivity contribution in [2.75, 3.05) is 6.61 Å². The number of carbonyl (C=O) groups is 1. The third-order valence-corrected chi connectivity index (χ3v) is 4.89. The topological polar surface area (TPSA) is 141 Å². The number of aromatic nitrogens is 4. The molecule has 3 N–H and O–H groups in total. The van der Waals surface area contributed by atoms with E-state index in [-0.39, 0.29) is 31.0 Å². The van der Waals surface area contributed by atoms with Crippen LogP contribution < -0.4 is 16.6 Å². The first-order chi connectivity index (χ1) is 12.8. The Morgan fingerprint density at radius 3 is 2.67 bits per heavy atom. The van der Waals surface area contributed by atoms with Gasteiger partial charge in [-0.15, -0.1) is 0 Å². The lowest BCUT2D eigenvalue weighted by molar-refractivity contribution is -0.158. The number of nitrogens with zero attached hydrogens (tertiary/aromatic N) is 4. The van der Waals surface area contributed by atoms with E-state index in [2.05, 4.69) is 10.3 Å². The van der Waals surface area contributed by atoms with Crippen molar-refractivity contribution in [1.29, 1.82) is 0 Å². The highest BCUT2D eigenvalue weighted by atomic mass is 16.5. The summed E-state index contributed by atoms with van der Waals surface area (Å²) >= 11 is 0. The van der Waals surface area contributed by atoms with Crippen molar-refractivity contribution >= 4 is 17.1 Å². The summed E-state index contributed by atoms with van der Waals surface area (Å²) in [6.45, 7) is 1.79. The molecule has 0 bridgehead atoms. The van der Waals surface area contributed by atoms with Gasteiger partial charge in [0.2, 0.25) is 5.91 Å². The van der Waals surface area contributed by atoms with E-state index >= 15 is 0 Å². The second-order valence-corrected chi connectivity index (χ2v) is 6.66. The zero-order valence-corrected chi connectivity index (χ0v) is 15.3. The third kappa shape index (κ3) is 3.29. The Morgan fingerprint density at radius 2 is 2.00 bits per heavy atom. The fraction of sp³-hybridized carbons (Fsp3) is 0.625. The number of hydrogen-bond acceptors (Lipinski definition) is 7. The molecule has 148 valence electrons. The normalized spacial score (nSPS) is 25.7. The van der Waals surface area contributed by atoms with Gasteiger partial charge in [0, 0.05) is 20.5 Å². The van der Waals surface area contributed by atoms with Gasteiger partial charge in [0.15, 0.2) is 5.52 Å². The van der Waals surface area contributed by atoms with Crippen LogP contribution in [0.15, 0.2) is 15.9 Å². The molecule has 11 heteroatoms. The minimum Gasteiger partial charge on any atom is -0.388 e. The molecule has 3 heterocycles. The van der Waals surface area contributed by atoms with Crippen molar-refractivity contribution in [1.82, 2.24) is 24.0 Å². The molecule has 1 amide bonds. The Bertz CT molecular complexity index is 976. The van der Waals surface area contributed by atoms with Gasteiger partial charge in [0.1, 0.15) is 24.0 Å². The zero-order chi connectivity index (χ0) is 19.9. The first-order valence-electron chi connectivity index (χ1n) is 8.64. The van der Waals surface area contributed by atoms with Gasteiger partial charge in [0.05, 0.1) is 25.5 Å². The summed E-state index contributed by atoms with van der Waals surface area (Å²) in [5, 5.41) is 23.3. The molecule has 11 nitrogen and oxygen atoms in total. The van der Waals surface area contributed by atoms with E-state index in [4.69, 9.17) is 4.74 Å². The third-order valence-electron chi connectivity index (χ3n) is 4.89. The number of ether oxygens (including phenoxy) is 1. The van der Waals surface area contributed by atoms with E-state index in [1.165, 1.54) is 29.6 Å². The largest absolute Gasteiger partial charge is 0.388 e. The van der Waals surface area contributed by atoms with E-state index in [0.29, 0.717) is 5.65 Å². The molecule has 0 spiro atoms. The molecule has 1 aliphatic rings. The van der Waals surface area contributed by atoms with Gasteiger partial charge in [-0.25, -0.2) is 9.78 Å². The maximum absolute atomic E-state index is 12.2. The molecule has 1 saturated heterocycles. The molecule has 0 saturated carbocycles. The molecular weight excluding hydrogens is 358 g/mol. The summed E-state index contributed by atoms with van der Waals surface area (Å²) in [5.74, 6) is -0.250. The fourth-order valence-corrected chi connectivity index (χ4v) is 3.25. The molecule has 0 aliphatic carbocycles. The smallest absolute Gasteiger partial charge is 0.332 e. The highest BCUT2D eigenvalue weighted by Gasteiger charge is 2.39. The SMILES string of the molecule is CCC(=O)N[C@@H]1CO[C@H](Cn2cnc3c(=O)n(C)c(=O)n(C)c32)[C@@H](O)[C@H]1O. The number of aliphatic hydroxyl groups excluding tert-OH is 2. The van der Waals surface area contributed by atoms with E-state index in [1.54, 1.807) is 6.92 Å². The van der Waals surface area contributed by atoms with Crippen LogP contribution in [0.2, 0.25) is 0 Å². The number of aliphatic hydroxyl groups is 2. The highest BCUT2D eigenvalue weighted by Crippen LogP contribution is 2.19. The van der Waals surface area contributed by atoms with Crippen LogP contribution in [0.25, 0.3) is 11.2 Å². The Kier molecular flexibility index (Phi) is 5.18. The van der Waals surface area contributed by atoms with Crippen molar-refractivity contribution < 1.29 is 19.7 Å². The number of fused-ring (bicyclic) bond motifs is 1. The van der Waals surface area contributed by atoms with Crippen molar-refractivity contribution in [2.24, 2.45) is 14.1 Å². The Morgan fingerprint density at radius 1 is 1.30 bits per heavy atom. The van der Waals surface area contributed by atoms with E-state index < -0.39 is 35.6 Å². The monoisotopic (exact) mass is 381 g/mol. The number of amides is 1. The molecule has 2 aromatic rings. The number of hydrogen-bond donors (Lipinski definition) is 3. The molecule has 1 aliphatic heterocycles. The maximum atomic E-state index is 12.2. The minimum absolute atomic E-state index is 0.0297. The molecule has 0 aromatic carbocycles. The number of imidazole rings is 1. The van der Waals surface area contributed by atoms with Crippen LogP contribution in [0.4, 0.5) is 0 Å². The molecule has 27 heavy (non-hydrogen) atoms. The summed E-state index contributed by atoms with van der Waals surface area (Å²) in [4.78, 5) is 39.9. The average Bonchev–Trinajstić information content (AvgIpc) is 3.08. The molecule has 2 aromatic heterocycles. The number of carbonyl (C=O) groups excluding carboxylic acids is 1. The second-order valence-electron chi connectivity index (χ2n) is 6.66. The van der Waals surface area contributed by atoms with Gasteiger partial charge < -0.3 is 24.8 Å². The molecule has 0 radical (unpaired) electrons. The van der Waals surface area contributed by atoms with Crippen LogP contribution in [0.1, 0.15) is 13.3 Å².